The van der Waals surface area contributed by atoms with E-state index in [1.54, 1.807) is 7.11 Å². The summed E-state index contributed by atoms with van der Waals surface area (Å²) < 4.78 is 10.6. The third kappa shape index (κ3) is 6.27. The van der Waals surface area contributed by atoms with E-state index in [0.717, 1.165) is 49.1 Å². The van der Waals surface area contributed by atoms with Crippen LogP contribution in [0.2, 0.25) is 0 Å². The van der Waals surface area contributed by atoms with Gasteiger partial charge in [0.25, 0.3) is 0 Å². The van der Waals surface area contributed by atoms with Crippen molar-refractivity contribution in [1.29, 1.82) is 0 Å². The zero-order valence-electron chi connectivity index (χ0n) is 15.6. The Hall–Kier alpha value is -2.02. The lowest BCUT2D eigenvalue weighted by Crippen LogP contribution is -3.14. The largest absolute Gasteiger partial charge is 0.497 e. The number of hydrogen-bond donors (Lipinski definition) is 2. The number of hydrogen-bond acceptors (Lipinski definition) is 4. The number of ether oxygens (including phenoxy) is 2. The summed E-state index contributed by atoms with van der Waals surface area (Å²) in [5, 5.41) is 3.23. The van der Waals surface area contributed by atoms with E-state index in [1.807, 2.05) is 42.5 Å². The molecule has 1 aliphatic heterocycles. The summed E-state index contributed by atoms with van der Waals surface area (Å²) in [6.45, 7) is 4.43. The number of carbonyl (C=O) groups excluding carboxylic acids is 1. The van der Waals surface area contributed by atoms with E-state index in [2.05, 4.69) is 17.4 Å². The number of carbonyl (C=O) groups is 1. The molecule has 0 aromatic heterocycles. The van der Waals surface area contributed by atoms with Crippen LogP contribution in [0, 0.1) is 0 Å². The molecule has 1 amide bonds. The second kappa shape index (κ2) is 10.3. The fourth-order valence-corrected chi connectivity index (χ4v) is 3.86. The summed E-state index contributed by atoms with van der Waals surface area (Å²) in [6, 6.07) is 18.0. The summed E-state index contributed by atoms with van der Waals surface area (Å²) in [4.78, 5) is 15.1. The van der Waals surface area contributed by atoms with Gasteiger partial charge in [-0.25, -0.2) is 0 Å². The Morgan fingerprint density at radius 1 is 1.15 bits per heavy atom. The second-order valence-corrected chi connectivity index (χ2v) is 7.61. The van der Waals surface area contributed by atoms with Crippen molar-refractivity contribution in [3.8, 4) is 5.75 Å². The molecule has 0 unspecified atom stereocenters. The number of nitrogens with one attached hydrogen (secondary N) is 2. The van der Waals surface area contributed by atoms with Crippen molar-refractivity contribution in [1.82, 2.24) is 5.32 Å². The van der Waals surface area contributed by atoms with Crippen molar-refractivity contribution in [3.05, 3.63) is 60.2 Å². The van der Waals surface area contributed by atoms with Gasteiger partial charge in [0.15, 0.2) is 0 Å². The molecule has 2 N–H and O–H groups in total. The van der Waals surface area contributed by atoms with Gasteiger partial charge in [-0.3, -0.25) is 4.79 Å². The number of rotatable bonds is 8. The van der Waals surface area contributed by atoms with Crippen molar-refractivity contribution >= 4 is 17.7 Å². The second-order valence-electron chi connectivity index (χ2n) is 6.56. The Kier molecular flexibility index (Phi) is 7.56. The molecule has 0 radical (unpaired) electrons. The summed E-state index contributed by atoms with van der Waals surface area (Å²) in [6.07, 6.45) is 0. The quantitative estimate of drug-likeness (QED) is 0.675. The first kappa shape index (κ1) is 19.7. The molecule has 0 spiro atoms. The highest BCUT2D eigenvalue weighted by Gasteiger charge is 2.22. The number of quaternary nitrogens is 1. The van der Waals surface area contributed by atoms with Crippen LogP contribution >= 0.6 is 11.8 Å². The van der Waals surface area contributed by atoms with E-state index in [9.17, 15) is 4.79 Å². The van der Waals surface area contributed by atoms with Gasteiger partial charge in [-0.15, -0.1) is 11.8 Å². The average Bonchev–Trinajstić information content (AvgIpc) is 2.73. The van der Waals surface area contributed by atoms with Crippen LogP contribution in [0.3, 0.4) is 0 Å². The van der Waals surface area contributed by atoms with Crippen molar-refractivity contribution in [2.24, 2.45) is 0 Å². The molecule has 1 saturated heterocycles. The molecule has 6 heteroatoms. The Bertz CT molecular complexity index is 703. The maximum Gasteiger partial charge on any atom is 0.231 e. The lowest BCUT2D eigenvalue weighted by molar-refractivity contribution is -0.909. The van der Waals surface area contributed by atoms with Crippen molar-refractivity contribution in [3.63, 3.8) is 0 Å². The molecular formula is C21H27N2O3S+. The molecule has 2 aromatic rings. The minimum Gasteiger partial charge on any atom is -0.497 e. The van der Waals surface area contributed by atoms with Crippen LogP contribution in [-0.2, 0) is 9.53 Å². The van der Waals surface area contributed by atoms with Gasteiger partial charge in [-0.2, -0.15) is 0 Å². The maximum atomic E-state index is 12.6. The van der Waals surface area contributed by atoms with Gasteiger partial charge in [-0.1, -0.05) is 30.3 Å². The smallest absolute Gasteiger partial charge is 0.231 e. The monoisotopic (exact) mass is 387 g/mol. The summed E-state index contributed by atoms with van der Waals surface area (Å²) in [5.41, 5.74) is 1.15. The van der Waals surface area contributed by atoms with Gasteiger partial charge in [0, 0.05) is 4.90 Å². The number of morpholine rings is 1. The molecule has 3 rings (SSSR count). The van der Waals surface area contributed by atoms with E-state index in [-0.39, 0.29) is 11.9 Å². The fraction of sp³-hybridized carbons (Fsp3) is 0.381. The van der Waals surface area contributed by atoms with Crippen LogP contribution in [0.4, 0.5) is 0 Å². The first-order valence-electron chi connectivity index (χ1n) is 9.27. The SMILES string of the molecule is COc1ccc(SCC(=O)N[C@@H](C[NH+]2CCOCC2)c2ccccc2)cc1. The molecular weight excluding hydrogens is 360 g/mol. The molecule has 2 aromatic carbocycles. The summed E-state index contributed by atoms with van der Waals surface area (Å²) in [5.74, 6) is 1.27. The molecule has 27 heavy (non-hydrogen) atoms. The van der Waals surface area contributed by atoms with Crippen LogP contribution in [-0.4, -0.2) is 51.6 Å². The highest BCUT2D eigenvalue weighted by Crippen LogP contribution is 2.21. The number of benzene rings is 2. The number of amides is 1. The fourth-order valence-electron chi connectivity index (χ4n) is 3.15. The standard InChI is InChI=1S/C21H26N2O3S/c1-25-18-7-9-19(10-8-18)27-16-21(24)22-20(17-5-3-2-4-6-17)15-23-11-13-26-14-12-23/h2-10,20H,11-16H2,1H3,(H,22,24)/p+1/t20-/m0/s1. The van der Waals surface area contributed by atoms with Gasteiger partial charge in [-0.05, 0) is 29.8 Å². The highest BCUT2D eigenvalue weighted by atomic mass is 32.2. The van der Waals surface area contributed by atoms with Gasteiger partial charge in [0.1, 0.15) is 31.4 Å². The third-order valence-corrected chi connectivity index (χ3v) is 5.67. The first-order valence-corrected chi connectivity index (χ1v) is 10.3. The van der Waals surface area contributed by atoms with Crippen molar-refractivity contribution < 1.29 is 19.2 Å². The number of thioether (sulfide) groups is 1. The van der Waals surface area contributed by atoms with E-state index >= 15 is 0 Å². The zero-order valence-corrected chi connectivity index (χ0v) is 16.5. The molecule has 1 heterocycles. The highest BCUT2D eigenvalue weighted by molar-refractivity contribution is 8.00. The van der Waals surface area contributed by atoms with Gasteiger partial charge in [0.05, 0.1) is 26.1 Å². The summed E-state index contributed by atoms with van der Waals surface area (Å²) >= 11 is 1.54. The van der Waals surface area contributed by atoms with Crippen molar-refractivity contribution in [2.75, 3.05) is 45.7 Å². The van der Waals surface area contributed by atoms with Crippen LogP contribution < -0.4 is 15.0 Å². The van der Waals surface area contributed by atoms with E-state index in [1.165, 1.54) is 16.7 Å². The van der Waals surface area contributed by atoms with Crippen LogP contribution in [0.25, 0.3) is 0 Å². The lowest BCUT2D eigenvalue weighted by Gasteiger charge is -2.28. The Morgan fingerprint density at radius 2 is 1.85 bits per heavy atom. The summed E-state index contributed by atoms with van der Waals surface area (Å²) in [7, 11) is 1.65. The van der Waals surface area contributed by atoms with Crippen LogP contribution in [0.15, 0.2) is 59.5 Å². The molecule has 1 aliphatic rings. The van der Waals surface area contributed by atoms with Gasteiger partial charge in [0.2, 0.25) is 5.91 Å². The normalized spacial score (nSPS) is 15.9. The van der Waals surface area contributed by atoms with Gasteiger partial charge < -0.3 is 19.7 Å². The Morgan fingerprint density at radius 3 is 2.52 bits per heavy atom. The minimum absolute atomic E-state index is 0.0169. The Labute approximate surface area is 165 Å². The van der Waals surface area contributed by atoms with E-state index < -0.39 is 0 Å². The van der Waals surface area contributed by atoms with Crippen LogP contribution in [0.1, 0.15) is 11.6 Å². The predicted octanol–water partition coefficient (Wildman–Crippen LogP) is 1.56. The topological polar surface area (TPSA) is 52.0 Å². The molecule has 1 atom stereocenters. The van der Waals surface area contributed by atoms with Gasteiger partial charge >= 0.3 is 0 Å². The van der Waals surface area contributed by atoms with E-state index in [4.69, 9.17) is 9.47 Å². The third-order valence-electron chi connectivity index (χ3n) is 4.66. The molecule has 0 bridgehead atoms. The maximum absolute atomic E-state index is 12.6. The lowest BCUT2D eigenvalue weighted by atomic mass is 10.1. The van der Waals surface area contributed by atoms with Crippen LogP contribution in [0.5, 0.6) is 5.75 Å². The predicted molar refractivity (Wildman–Crippen MR) is 107 cm³/mol. The first-order chi connectivity index (χ1) is 13.2. The average molecular weight is 388 g/mol. The molecule has 5 nitrogen and oxygen atoms in total. The molecule has 1 fully saturated rings. The minimum atomic E-state index is 0.0169. The Balaban J connectivity index is 1.57. The number of methoxy groups -OCH3 is 1. The molecule has 0 saturated carbocycles. The zero-order chi connectivity index (χ0) is 18.9. The molecule has 0 aliphatic carbocycles. The van der Waals surface area contributed by atoms with Crippen molar-refractivity contribution in [2.45, 2.75) is 10.9 Å². The van der Waals surface area contributed by atoms with E-state index in [0.29, 0.717) is 5.75 Å². The molecule has 144 valence electrons.